The second-order valence-corrected chi connectivity index (χ2v) is 9.66. The first-order valence-corrected chi connectivity index (χ1v) is 12.8. The fourth-order valence-electron chi connectivity index (χ4n) is 4.99. The predicted molar refractivity (Wildman–Crippen MR) is 136 cm³/mol. The van der Waals surface area contributed by atoms with Crippen molar-refractivity contribution in [2.45, 2.75) is 37.6 Å². The Morgan fingerprint density at radius 1 is 0.946 bits per heavy atom. The molecule has 190 valence electrons. The standard InChI is InChI=1S/C25H28N10O2/c1-3-19(20-13-18(33-37-20)24-26-6-2-7-27-24)35(8-1)25-29-21(15-23(30-25)34-9-11-36-12-10-34)28-22-14-17(31-32-22)16-4-5-16/h2,6-7,13-16,19H,1,3-5,8-12H2,(H2,28,29,30,31,32). The van der Waals surface area contributed by atoms with Crippen LogP contribution in [0, 0.1) is 0 Å². The fraction of sp³-hybridized carbons (Fsp3) is 0.440. The minimum atomic E-state index is -0.0235. The van der Waals surface area contributed by atoms with Gasteiger partial charge in [0.05, 0.1) is 19.3 Å². The summed E-state index contributed by atoms with van der Waals surface area (Å²) in [4.78, 5) is 22.9. The molecule has 2 N–H and O–H groups in total. The van der Waals surface area contributed by atoms with Crippen LogP contribution in [0.1, 0.15) is 49.1 Å². The molecule has 1 aliphatic carbocycles. The second kappa shape index (κ2) is 9.43. The Bertz CT molecular complexity index is 1360. The van der Waals surface area contributed by atoms with E-state index in [2.05, 4.69) is 46.5 Å². The van der Waals surface area contributed by atoms with Crippen LogP contribution in [0.4, 0.5) is 23.4 Å². The third-order valence-corrected chi connectivity index (χ3v) is 7.07. The Hall–Kier alpha value is -4.06. The molecule has 3 aliphatic rings. The number of aromatic amines is 1. The van der Waals surface area contributed by atoms with Crippen molar-refractivity contribution in [2.24, 2.45) is 0 Å². The van der Waals surface area contributed by atoms with Crippen LogP contribution in [0.25, 0.3) is 11.5 Å². The first-order valence-electron chi connectivity index (χ1n) is 12.8. The highest BCUT2D eigenvalue weighted by Gasteiger charge is 2.33. The van der Waals surface area contributed by atoms with Crippen LogP contribution in [0.2, 0.25) is 0 Å². The average molecular weight is 501 g/mol. The summed E-state index contributed by atoms with van der Waals surface area (Å²) in [7, 11) is 0. The summed E-state index contributed by atoms with van der Waals surface area (Å²) in [6.45, 7) is 3.76. The maximum atomic E-state index is 5.77. The molecule has 2 aliphatic heterocycles. The van der Waals surface area contributed by atoms with Gasteiger partial charge in [-0.2, -0.15) is 15.1 Å². The summed E-state index contributed by atoms with van der Waals surface area (Å²) in [5.74, 6) is 4.91. The molecule has 0 bridgehead atoms. The molecule has 0 aromatic carbocycles. The molecule has 12 heteroatoms. The molecule has 0 spiro atoms. The number of rotatable bonds is 7. The van der Waals surface area contributed by atoms with E-state index >= 15 is 0 Å². The van der Waals surface area contributed by atoms with E-state index in [0.29, 0.717) is 42.4 Å². The summed E-state index contributed by atoms with van der Waals surface area (Å²) < 4.78 is 11.3. The van der Waals surface area contributed by atoms with Gasteiger partial charge in [0.25, 0.3) is 0 Å². The molecular weight excluding hydrogens is 472 g/mol. The zero-order valence-corrected chi connectivity index (χ0v) is 20.4. The average Bonchev–Trinajstić information content (AvgIpc) is 3.32. The summed E-state index contributed by atoms with van der Waals surface area (Å²) >= 11 is 0. The quantitative estimate of drug-likeness (QED) is 0.386. The number of H-pyrrole nitrogens is 1. The van der Waals surface area contributed by atoms with Gasteiger partial charge < -0.3 is 24.4 Å². The largest absolute Gasteiger partial charge is 0.378 e. The van der Waals surface area contributed by atoms with Gasteiger partial charge in [-0.25, -0.2) is 9.97 Å². The van der Waals surface area contributed by atoms with Gasteiger partial charge in [0, 0.05) is 61.8 Å². The normalized spacial score (nSPS) is 19.9. The molecule has 1 saturated carbocycles. The van der Waals surface area contributed by atoms with Crippen molar-refractivity contribution >= 4 is 23.4 Å². The SMILES string of the molecule is c1cnc(-c2cc(C3CCCN3c3nc(Nc4cc(C5CC5)[nH]n4)cc(N4CCOCC4)n3)on2)nc1. The van der Waals surface area contributed by atoms with E-state index < -0.39 is 0 Å². The number of hydrogen-bond donors (Lipinski definition) is 2. The Morgan fingerprint density at radius 3 is 2.65 bits per heavy atom. The number of morpholine rings is 1. The lowest BCUT2D eigenvalue weighted by molar-refractivity contribution is 0.122. The zero-order chi connectivity index (χ0) is 24.6. The van der Waals surface area contributed by atoms with Gasteiger partial charge in [-0.1, -0.05) is 5.16 Å². The van der Waals surface area contributed by atoms with Gasteiger partial charge in [0.1, 0.15) is 11.6 Å². The molecule has 1 unspecified atom stereocenters. The number of hydrogen-bond acceptors (Lipinski definition) is 11. The fourth-order valence-corrected chi connectivity index (χ4v) is 4.99. The first kappa shape index (κ1) is 22.2. The van der Waals surface area contributed by atoms with E-state index in [0.717, 1.165) is 49.9 Å². The minimum Gasteiger partial charge on any atom is -0.378 e. The number of ether oxygens (including phenoxy) is 1. The number of nitrogens with one attached hydrogen (secondary N) is 2. The van der Waals surface area contributed by atoms with Crippen molar-refractivity contribution in [3.8, 4) is 11.5 Å². The lowest BCUT2D eigenvalue weighted by Crippen LogP contribution is -2.37. The van der Waals surface area contributed by atoms with Crippen LogP contribution < -0.4 is 15.1 Å². The van der Waals surface area contributed by atoms with Gasteiger partial charge >= 0.3 is 0 Å². The summed E-state index contributed by atoms with van der Waals surface area (Å²) in [6.07, 6.45) is 7.76. The molecule has 6 heterocycles. The van der Waals surface area contributed by atoms with Crippen molar-refractivity contribution in [2.75, 3.05) is 48.0 Å². The van der Waals surface area contributed by atoms with Gasteiger partial charge in [0.15, 0.2) is 23.1 Å². The van der Waals surface area contributed by atoms with Crippen molar-refractivity contribution in [1.29, 1.82) is 0 Å². The molecular formula is C25H28N10O2. The number of nitrogens with zero attached hydrogens (tertiary/aromatic N) is 8. The minimum absolute atomic E-state index is 0.0235. The molecule has 4 aromatic heterocycles. The van der Waals surface area contributed by atoms with E-state index in [1.54, 1.807) is 18.5 Å². The highest BCUT2D eigenvalue weighted by Crippen LogP contribution is 2.40. The van der Waals surface area contributed by atoms with E-state index in [-0.39, 0.29) is 6.04 Å². The van der Waals surface area contributed by atoms with Crippen LogP contribution in [-0.2, 0) is 4.74 Å². The van der Waals surface area contributed by atoms with Gasteiger partial charge in [-0.05, 0) is 31.7 Å². The third kappa shape index (κ3) is 4.59. The molecule has 12 nitrogen and oxygen atoms in total. The molecule has 0 radical (unpaired) electrons. The van der Waals surface area contributed by atoms with Crippen molar-refractivity contribution in [3.63, 3.8) is 0 Å². The van der Waals surface area contributed by atoms with Crippen LogP contribution in [0.3, 0.4) is 0 Å². The zero-order valence-electron chi connectivity index (χ0n) is 20.4. The van der Waals surface area contributed by atoms with E-state index in [1.807, 2.05) is 12.1 Å². The van der Waals surface area contributed by atoms with Gasteiger partial charge in [0.2, 0.25) is 5.95 Å². The van der Waals surface area contributed by atoms with E-state index in [1.165, 1.54) is 18.5 Å². The molecule has 1 atom stereocenters. The molecule has 37 heavy (non-hydrogen) atoms. The van der Waals surface area contributed by atoms with Gasteiger partial charge in [-0.3, -0.25) is 5.10 Å². The van der Waals surface area contributed by atoms with Crippen LogP contribution in [-0.4, -0.2) is 68.1 Å². The Balaban J connectivity index is 1.20. The monoisotopic (exact) mass is 500 g/mol. The highest BCUT2D eigenvalue weighted by atomic mass is 16.5. The van der Waals surface area contributed by atoms with Crippen molar-refractivity contribution < 1.29 is 9.26 Å². The van der Waals surface area contributed by atoms with Crippen LogP contribution in [0.15, 0.2) is 41.2 Å². The van der Waals surface area contributed by atoms with Crippen LogP contribution >= 0.6 is 0 Å². The van der Waals surface area contributed by atoms with Crippen molar-refractivity contribution in [1.82, 2.24) is 35.3 Å². The van der Waals surface area contributed by atoms with E-state index in [9.17, 15) is 0 Å². The smallest absolute Gasteiger partial charge is 0.229 e. The Kier molecular flexibility index (Phi) is 5.65. The molecule has 4 aromatic rings. The molecule has 2 saturated heterocycles. The number of anilines is 4. The second-order valence-electron chi connectivity index (χ2n) is 9.66. The van der Waals surface area contributed by atoms with Gasteiger partial charge in [-0.15, -0.1) is 0 Å². The lowest BCUT2D eigenvalue weighted by atomic mass is 10.1. The molecule has 3 fully saturated rings. The first-order chi connectivity index (χ1) is 18.3. The van der Waals surface area contributed by atoms with E-state index in [4.69, 9.17) is 19.2 Å². The number of aromatic nitrogens is 7. The molecule has 0 amide bonds. The third-order valence-electron chi connectivity index (χ3n) is 7.07. The predicted octanol–water partition coefficient (Wildman–Crippen LogP) is 3.44. The Morgan fingerprint density at radius 2 is 1.81 bits per heavy atom. The molecule has 7 rings (SSSR count). The topological polar surface area (TPSA) is 134 Å². The maximum absolute atomic E-state index is 5.77. The highest BCUT2D eigenvalue weighted by molar-refractivity contribution is 5.61. The summed E-state index contributed by atoms with van der Waals surface area (Å²) in [5.41, 5.74) is 1.80. The summed E-state index contributed by atoms with van der Waals surface area (Å²) in [6, 6.07) is 7.75. The van der Waals surface area contributed by atoms with Crippen LogP contribution in [0.5, 0.6) is 0 Å². The Labute approximate surface area is 213 Å². The maximum Gasteiger partial charge on any atom is 0.229 e. The summed E-state index contributed by atoms with van der Waals surface area (Å²) in [5, 5.41) is 15.2. The lowest BCUT2D eigenvalue weighted by Gasteiger charge is -2.30. The van der Waals surface area contributed by atoms with Crippen molar-refractivity contribution in [3.05, 3.63) is 48.1 Å².